The fraction of sp³-hybridized carbons (Fsp3) is 0.214. The minimum absolute atomic E-state index is 0.610. The van der Waals surface area contributed by atoms with Gasteiger partial charge in [0.05, 0.1) is 7.11 Å². The highest BCUT2D eigenvalue weighted by Gasteiger charge is 2.00. The molecule has 1 aromatic carbocycles. The molecule has 0 unspecified atom stereocenters. The third kappa shape index (κ3) is 4.43. The highest BCUT2D eigenvalue weighted by atomic mass is 16.5. The van der Waals surface area contributed by atoms with E-state index in [1.807, 2.05) is 30.4 Å². The van der Waals surface area contributed by atoms with Crippen LogP contribution < -0.4 is 10.5 Å². The van der Waals surface area contributed by atoms with Gasteiger partial charge in [-0.1, -0.05) is 18.2 Å². The second kappa shape index (κ2) is 7.29. The number of aliphatic carboxylic acids is 1. The minimum atomic E-state index is -0.985. The Labute approximate surface area is 106 Å². The molecular formula is C14H17NO3. The summed E-state index contributed by atoms with van der Waals surface area (Å²) in [5.74, 6) is -0.343. The maximum atomic E-state index is 10.5. The predicted octanol–water partition coefficient (Wildman–Crippen LogP) is 2.15. The molecule has 0 aliphatic carbocycles. The van der Waals surface area contributed by atoms with Crippen LogP contribution >= 0.6 is 0 Å². The van der Waals surface area contributed by atoms with Crippen LogP contribution in [0.2, 0.25) is 0 Å². The molecule has 3 N–H and O–H groups in total. The van der Waals surface area contributed by atoms with E-state index >= 15 is 0 Å². The molecule has 0 spiro atoms. The average molecular weight is 247 g/mol. The van der Waals surface area contributed by atoms with E-state index in [-0.39, 0.29) is 0 Å². The van der Waals surface area contributed by atoms with Gasteiger partial charge in [-0.2, -0.15) is 0 Å². The first-order valence-corrected chi connectivity index (χ1v) is 5.63. The molecule has 0 fully saturated rings. The summed E-state index contributed by atoms with van der Waals surface area (Å²) in [6.45, 7) is 0.610. The first-order valence-electron chi connectivity index (χ1n) is 5.63. The van der Waals surface area contributed by atoms with Crippen LogP contribution in [-0.2, 0) is 4.79 Å². The molecule has 0 aromatic heterocycles. The van der Waals surface area contributed by atoms with E-state index in [4.69, 9.17) is 15.6 Å². The van der Waals surface area contributed by atoms with Crippen molar-refractivity contribution in [3.05, 3.63) is 41.5 Å². The number of carboxylic acids is 1. The molecule has 4 heteroatoms. The number of hydrogen-bond donors (Lipinski definition) is 2. The monoisotopic (exact) mass is 247 g/mol. The first kappa shape index (κ1) is 14.0. The Bertz CT molecular complexity index is 464. The Hall–Kier alpha value is -2.07. The number of carbonyl (C=O) groups is 1. The second-order valence-corrected chi connectivity index (χ2v) is 3.65. The van der Waals surface area contributed by atoms with E-state index in [0.29, 0.717) is 12.3 Å². The van der Waals surface area contributed by atoms with Gasteiger partial charge in [0.1, 0.15) is 5.75 Å². The maximum absolute atomic E-state index is 10.5. The second-order valence-electron chi connectivity index (χ2n) is 3.65. The van der Waals surface area contributed by atoms with Gasteiger partial charge in [-0.15, -0.1) is 0 Å². The van der Waals surface area contributed by atoms with Crippen LogP contribution in [0.15, 0.2) is 30.4 Å². The van der Waals surface area contributed by atoms with Crippen molar-refractivity contribution in [1.82, 2.24) is 0 Å². The molecule has 0 radical (unpaired) electrons. The third-order valence-corrected chi connectivity index (χ3v) is 2.30. The lowest BCUT2D eigenvalue weighted by Gasteiger charge is -2.05. The molecule has 0 saturated carbocycles. The zero-order valence-electron chi connectivity index (χ0n) is 10.3. The molecule has 0 bridgehead atoms. The maximum Gasteiger partial charge on any atom is 0.328 e. The third-order valence-electron chi connectivity index (χ3n) is 2.30. The zero-order chi connectivity index (χ0) is 13.4. The fourth-order valence-electron chi connectivity index (χ4n) is 1.46. The van der Waals surface area contributed by atoms with Gasteiger partial charge in [-0.3, -0.25) is 0 Å². The van der Waals surface area contributed by atoms with Gasteiger partial charge < -0.3 is 15.6 Å². The average Bonchev–Trinajstić information content (AvgIpc) is 2.37. The summed E-state index contributed by atoms with van der Waals surface area (Å²) in [6.07, 6.45) is 7.34. The molecule has 0 amide bonds. The van der Waals surface area contributed by atoms with Crippen molar-refractivity contribution in [3.63, 3.8) is 0 Å². The van der Waals surface area contributed by atoms with E-state index in [2.05, 4.69) is 0 Å². The van der Waals surface area contributed by atoms with Gasteiger partial charge in [0.15, 0.2) is 0 Å². The predicted molar refractivity (Wildman–Crippen MR) is 72.4 cm³/mol. The van der Waals surface area contributed by atoms with Crippen LogP contribution in [0.4, 0.5) is 0 Å². The number of nitrogens with two attached hydrogens (primary N) is 1. The first-order chi connectivity index (χ1) is 8.67. The Morgan fingerprint density at radius 3 is 2.83 bits per heavy atom. The van der Waals surface area contributed by atoms with Crippen LogP contribution in [-0.4, -0.2) is 24.7 Å². The molecule has 96 valence electrons. The van der Waals surface area contributed by atoms with Gasteiger partial charge in [-0.25, -0.2) is 4.79 Å². The SMILES string of the molecule is COc1ccc(C=CCCN)cc1/C=C/C(=O)O. The zero-order valence-corrected chi connectivity index (χ0v) is 10.3. The molecule has 0 atom stereocenters. The van der Waals surface area contributed by atoms with Crippen LogP contribution in [0, 0.1) is 0 Å². The summed E-state index contributed by atoms with van der Waals surface area (Å²) in [4.78, 5) is 10.5. The fourth-order valence-corrected chi connectivity index (χ4v) is 1.46. The van der Waals surface area contributed by atoms with E-state index in [1.54, 1.807) is 7.11 Å². The van der Waals surface area contributed by atoms with Crippen molar-refractivity contribution in [2.24, 2.45) is 5.73 Å². The summed E-state index contributed by atoms with van der Waals surface area (Å²) < 4.78 is 5.17. The highest BCUT2D eigenvalue weighted by molar-refractivity contribution is 5.86. The van der Waals surface area contributed by atoms with Crippen molar-refractivity contribution in [2.75, 3.05) is 13.7 Å². The van der Waals surface area contributed by atoms with Crippen molar-refractivity contribution in [2.45, 2.75) is 6.42 Å². The Morgan fingerprint density at radius 2 is 2.22 bits per heavy atom. The minimum Gasteiger partial charge on any atom is -0.496 e. The Balaban J connectivity index is 2.98. The smallest absolute Gasteiger partial charge is 0.328 e. The van der Waals surface area contributed by atoms with Gasteiger partial charge in [0.25, 0.3) is 0 Å². The van der Waals surface area contributed by atoms with Crippen LogP contribution in [0.5, 0.6) is 5.75 Å². The molecule has 0 aliphatic heterocycles. The van der Waals surface area contributed by atoms with Crippen molar-refractivity contribution >= 4 is 18.1 Å². The summed E-state index contributed by atoms with van der Waals surface area (Å²) >= 11 is 0. The molecule has 18 heavy (non-hydrogen) atoms. The quantitative estimate of drug-likeness (QED) is 0.755. The lowest BCUT2D eigenvalue weighted by molar-refractivity contribution is -0.131. The van der Waals surface area contributed by atoms with Crippen LogP contribution in [0.3, 0.4) is 0 Å². The lowest BCUT2D eigenvalue weighted by Crippen LogP contribution is -1.95. The van der Waals surface area contributed by atoms with E-state index in [1.165, 1.54) is 6.08 Å². The number of hydrogen-bond acceptors (Lipinski definition) is 3. The number of rotatable bonds is 6. The van der Waals surface area contributed by atoms with E-state index in [0.717, 1.165) is 23.6 Å². The summed E-state index contributed by atoms with van der Waals surface area (Å²) in [5, 5.41) is 8.63. The Kier molecular flexibility index (Phi) is 5.67. The molecule has 1 aromatic rings. The highest BCUT2D eigenvalue weighted by Crippen LogP contribution is 2.22. The summed E-state index contributed by atoms with van der Waals surface area (Å²) in [5.41, 5.74) is 7.11. The number of carboxylic acid groups (broad SMARTS) is 1. The summed E-state index contributed by atoms with van der Waals surface area (Å²) in [6, 6.07) is 5.58. The normalized spacial score (nSPS) is 11.2. The topological polar surface area (TPSA) is 72.5 Å². The molecule has 1 rings (SSSR count). The van der Waals surface area contributed by atoms with Crippen molar-refractivity contribution in [1.29, 1.82) is 0 Å². The lowest BCUT2D eigenvalue weighted by atomic mass is 10.1. The van der Waals surface area contributed by atoms with Gasteiger partial charge in [0, 0.05) is 11.6 Å². The van der Waals surface area contributed by atoms with Crippen LogP contribution in [0.25, 0.3) is 12.2 Å². The Morgan fingerprint density at radius 1 is 1.44 bits per heavy atom. The number of benzene rings is 1. The molecular weight excluding hydrogens is 230 g/mol. The summed E-state index contributed by atoms with van der Waals surface area (Å²) in [7, 11) is 1.55. The van der Waals surface area contributed by atoms with Crippen molar-refractivity contribution in [3.8, 4) is 5.75 Å². The van der Waals surface area contributed by atoms with Gasteiger partial charge in [0.2, 0.25) is 0 Å². The van der Waals surface area contributed by atoms with E-state index in [9.17, 15) is 4.79 Å². The number of ether oxygens (including phenoxy) is 1. The molecule has 0 saturated heterocycles. The van der Waals surface area contributed by atoms with Gasteiger partial charge >= 0.3 is 5.97 Å². The van der Waals surface area contributed by atoms with Gasteiger partial charge in [-0.05, 0) is 36.7 Å². The van der Waals surface area contributed by atoms with Crippen LogP contribution in [0.1, 0.15) is 17.5 Å². The molecule has 4 nitrogen and oxygen atoms in total. The molecule has 0 aliphatic rings. The molecule has 0 heterocycles. The standard InChI is InChI=1S/C14H17NO3/c1-18-13-7-5-11(4-2-3-9-15)10-12(13)6-8-14(16)17/h2,4-8,10H,3,9,15H2,1H3,(H,16,17)/b4-2?,8-6+. The van der Waals surface area contributed by atoms with E-state index < -0.39 is 5.97 Å². The van der Waals surface area contributed by atoms with Crippen molar-refractivity contribution < 1.29 is 14.6 Å². The number of methoxy groups -OCH3 is 1. The largest absolute Gasteiger partial charge is 0.496 e.